The van der Waals surface area contributed by atoms with Crippen molar-refractivity contribution in [3.63, 3.8) is 0 Å². The quantitative estimate of drug-likeness (QED) is 0.0290. The molecule has 0 radical (unpaired) electrons. The van der Waals surface area contributed by atoms with E-state index in [1.165, 1.54) is 58.1 Å². The van der Waals surface area contributed by atoms with Crippen molar-refractivity contribution in [3.8, 4) is 0 Å². The lowest BCUT2D eigenvalue weighted by atomic mass is 9.76. The van der Waals surface area contributed by atoms with Crippen LogP contribution in [0, 0.1) is 41.4 Å². The lowest BCUT2D eigenvalue weighted by Gasteiger charge is -2.51. The van der Waals surface area contributed by atoms with E-state index in [4.69, 9.17) is 9.47 Å². The number of nitrogens with zero attached hydrogens (tertiary/aromatic N) is 1. The highest BCUT2D eigenvalue weighted by Crippen LogP contribution is 2.56. The second-order valence-electron chi connectivity index (χ2n) is 24.2. The molecule has 0 aromatic rings. The highest BCUT2D eigenvalue weighted by atomic mass is 32.2. The molecule has 5 heterocycles. The first kappa shape index (κ1) is 56.4. The van der Waals surface area contributed by atoms with E-state index >= 15 is 4.39 Å². The molecule has 8 aliphatic rings. The minimum atomic E-state index is -1.80. The van der Waals surface area contributed by atoms with Gasteiger partial charge in [-0.2, -0.15) is 0 Å². The van der Waals surface area contributed by atoms with Gasteiger partial charge in [-0.3, -0.25) is 31.5 Å². The van der Waals surface area contributed by atoms with Crippen molar-refractivity contribution in [2.45, 2.75) is 210 Å². The van der Waals surface area contributed by atoms with E-state index in [9.17, 15) is 24.1 Å². The number of aliphatic hydroxyl groups is 3. The third-order valence-corrected chi connectivity index (χ3v) is 19.7. The van der Waals surface area contributed by atoms with Gasteiger partial charge in [0.25, 0.3) is 0 Å². The SMILES string of the molecule is CO[C@@H](O)NC([C@@H](O)NCCC[C@H](C)C(C)C1NC[C@@H](C2=CC[C@H]3[C@@H](C2)C[C@H]2[C@H]4C(F)=C[C@@H](C5=CNC(C)([C@@H](C)CCCNCC(NCO)C(C)(C)F)N5)CC4OC(C4=CC[C@H](C5CC5)S4)N32)N1)C(C)(C)F. The molecule has 11 N–H and O–H groups in total. The summed E-state index contributed by atoms with van der Waals surface area (Å²) in [6.07, 6.45) is 17.0. The average Bonchev–Trinajstić information content (AvgIpc) is 3.67. The Morgan fingerprint density at radius 1 is 0.986 bits per heavy atom. The van der Waals surface area contributed by atoms with Crippen LogP contribution < -0.4 is 42.5 Å². The molecule has 3 saturated heterocycles. The van der Waals surface area contributed by atoms with E-state index in [1.807, 2.05) is 17.8 Å². The maximum atomic E-state index is 17.1. The number of aliphatic hydroxyl groups excluding tert-OH is 3. The number of alkyl halides is 2. The number of fused-ring (bicyclic) bond motifs is 5. The van der Waals surface area contributed by atoms with Crippen molar-refractivity contribution in [1.82, 2.24) is 47.4 Å². The summed E-state index contributed by atoms with van der Waals surface area (Å²) in [5.74, 6) is 1.75. The van der Waals surface area contributed by atoms with E-state index in [0.29, 0.717) is 42.1 Å². The van der Waals surface area contributed by atoms with Crippen molar-refractivity contribution in [2.75, 3.05) is 40.0 Å². The van der Waals surface area contributed by atoms with Gasteiger partial charge in [-0.1, -0.05) is 38.5 Å². The first-order valence-corrected chi connectivity index (χ1v) is 28.5. The summed E-state index contributed by atoms with van der Waals surface area (Å²) in [5, 5.41) is 57.6. The van der Waals surface area contributed by atoms with E-state index in [2.05, 4.69) is 93.5 Å². The first-order valence-electron chi connectivity index (χ1n) is 27.6. The fraction of sp³-hybridized carbons (Fsp3) is 0.852. The van der Waals surface area contributed by atoms with Crippen LogP contribution >= 0.6 is 11.8 Å². The molecule has 7 unspecified atom stereocenters. The summed E-state index contributed by atoms with van der Waals surface area (Å²) in [6.45, 7) is 17.0. The van der Waals surface area contributed by atoms with Gasteiger partial charge in [0.2, 0.25) is 6.41 Å². The Hall–Kier alpha value is -1.78. The third-order valence-electron chi connectivity index (χ3n) is 18.2. The Balaban J connectivity index is 0.858. The molecule has 18 heteroatoms. The van der Waals surface area contributed by atoms with Crippen LogP contribution in [0.3, 0.4) is 0 Å². The van der Waals surface area contributed by atoms with E-state index in [1.54, 1.807) is 0 Å². The summed E-state index contributed by atoms with van der Waals surface area (Å²) >= 11 is 2.04. The molecule has 8 rings (SSSR count). The number of methoxy groups -OCH3 is 1. The zero-order chi connectivity index (χ0) is 51.7. The smallest absolute Gasteiger partial charge is 0.213 e. The molecule has 0 spiro atoms. The predicted octanol–water partition coefficient (Wildman–Crippen LogP) is 5.67. The van der Waals surface area contributed by atoms with Gasteiger partial charge in [0.05, 0.1) is 37.0 Å². The third kappa shape index (κ3) is 13.1. The Labute approximate surface area is 433 Å². The minimum absolute atomic E-state index is 0.0345. The molecular weight excluding hydrogens is 944 g/mol. The highest BCUT2D eigenvalue weighted by molar-refractivity contribution is 8.04. The van der Waals surface area contributed by atoms with E-state index in [-0.39, 0.29) is 66.6 Å². The van der Waals surface area contributed by atoms with Gasteiger partial charge in [-0.25, -0.2) is 13.2 Å². The van der Waals surface area contributed by atoms with Crippen molar-refractivity contribution >= 4 is 11.8 Å². The number of hydrogen-bond acceptors (Lipinski definition) is 15. The van der Waals surface area contributed by atoms with Crippen molar-refractivity contribution in [3.05, 3.63) is 46.4 Å². The summed E-state index contributed by atoms with van der Waals surface area (Å²) in [7, 11) is 1.31. The molecule has 14 nitrogen and oxygen atoms in total. The maximum Gasteiger partial charge on any atom is 0.213 e. The number of rotatable bonds is 26. The zero-order valence-electron chi connectivity index (χ0n) is 44.7. The number of thioether (sulfide) groups is 1. The van der Waals surface area contributed by atoms with Crippen LogP contribution in [0.4, 0.5) is 13.2 Å². The van der Waals surface area contributed by atoms with Gasteiger partial charge in [0.15, 0.2) is 0 Å². The average molecular weight is 1040 g/mol. The van der Waals surface area contributed by atoms with Crippen LogP contribution in [-0.2, 0) is 9.47 Å². The molecule has 3 aliphatic carbocycles. The molecule has 18 atom stereocenters. The number of allylic oxidation sites excluding steroid dienone is 2. The Morgan fingerprint density at radius 3 is 2.46 bits per heavy atom. The fourth-order valence-corrected chi connectivity index (χ4v) is 14.6. The van der Waals surface area contributed by atoms with Gasteiger partial charge in [0, 0.05) is 66.3 Å². The molecule has 4 fully saturated rings. The summed E-state index contributed by atoms with van der Waals surface area (Å²) in [5.41, 5.74) is -1.17. The molecule has 410 valence electrons. The molecule has 72 heavy (non-hydrogen) atoms. The van der Waals surface area contributed by atoms with Crippen LogP contribution in [0.5, 0.6) is 0 Å². The first-order chi connectivity index (χ1) is 34.2. The summed E-state index contributed by atoms with van der Waals surface area (Å²) in [6, 6.07) is -0.932. The number of hydrogen-bond donors (Lipinski definition) is 11. The van der Waals surface area contributed by atoms with Gasteiger partial charge < -0.3 is 40.7 Å². The topological polar surface area (TPSA) is 179 Å². The molecule has 0 aromatic heterocycles. The second kappa shape index (κ2) is 23.9. The second-order valence-corrected chi connectivity index (χ2v) is 25.5. The Morgan fingerprint density at radius 2 is 1.75 bits per heavy atom. The maximum absolute atomic E-state index is 17.1. The van der Waals surface area contributed by atoms with Crippen LogP contribution in [0.2, 0.25) is 0 Å². The number of halogens is 3. The van der Waals surface area contributed by atoms with Crippen molar-refractivity contribution < 1.29 is 38.0 Å². The van der Waals surface area contributed by atoms with Crippen LogP contribution in [-0.4, -0.2) is 144 Å². The number of ether oxygens (including phenoxy) is 2. The normalized spacial score (nSPS) is 35.9. The van der Waals surface area contributed by atoms with Crippen LogP contribution in [0.15, 0.2) is 46.4 Å². The van der Waals surface area contributed by atoms with Gasteiger partial charge in [-0.15, -0.1) is 11.8 Å². The molecule has 0 bridgehead atoms. The lowest BCUT2D eigenvalue weighted by Crippen LogP contribution is -2.59. The summed E-state index contributed by atoms with van der Waals surface area (Å²) < 4.78 is 58.7. The number of nitrogens with one attached hydrogen (secondary N) is 8. The van der Waals surface area contributed by atoms with Crippen molar-refractivity contribution in [2.24, 2.45) is 41.4 Å². The molecule has 5 aliphatic heterocycles. The lowest BCUT2D eigenvalue weighted by molar-refractivity contribution is -0.175. The fourth-order valence-electron chi connectivity index (χ4n) is 13.1. The Kier molecular flexibility index (Phi) is 18.7. The van der Waals surface area contributed by atoms with Gasteiger partial charge in [-0.05, 0) is 154 Å². The molecule has 0 amide bonds. The minimum Gasteiger partial charge on any atom is -0.381 e. The largest absolute Gasteiger partial charge is 0.381 e. The molecule has 0 aromatic carbocycles. The monoisotopic (exact) mass is 1040 g/mol. The van der Waals surface area contributed by atoms with Gasteiger partial charge >= 0.3 is 0 Å². The van der Waals surface area contributed by atoms with Crippen LogP contribution in [0.1, 0.15) is 126 Å². The summed E-state index contributed by atoms with van der Waals surface area (Å²) in [4.78, 5) is 3.97. The predicted molar refractivity (Wildman–Crippen MR) is 280 cm³/mol. The Bertz CT molecular complexity index is 1940. The highest BCUT2D eigenvalue weighted by Gasteiger charge is 2.58. The van der Waals surface area contributed by atoms with Crippen molar-refractivity contribution in [1.29, 1.82) is 0 Å². The van der Waals surface area contributed by atoms with Gasteiger partial charge in [0.1, 0.15) is 35.3 Å². The zero-order valence-corrected chi connectivity index (χ0v) is 45.5. The van der Waals surface area contributed by atoms with Crippen LogP contribution in [0.25, 0.3) is 0 Å². The van der Waals surface area contributed by atoms with E-state index in [0.717, 1.165) is 82.5 Å². The van der Waals surface area contributed by atoms with E-state index < -0.39 is 36.1 Å². The molecule has 1 saturated carbocycles. The standard InChI is InChI=1S/C54H92F3N9O5S/c1-30(12-10-21-59-49(68)47(53(6,7)57)64-51(69)70-9)32(3)48-60-26-38(63-48)34-16-17-40-36(22-34)24-41-46-37(55)23-35(25-42(46)71-50(66(40)41)44-19-18-43(72-44)33-14-15-33)39-27-62-54(8,65-39)31(2)13-11-20-58-28-45(61-29-67)52(4,5)56/h16,19,23,27,30-33,35-36,38,40-43,45-51,58-65,67-69H,10-15,17-18,20-22,24-26,28-29H2,1-9H3/t30-,31-,32?,35+,36-,38-,40-,41-,42?,43+,45?,46+,47?,48?,49+,50?,51+,54?/m0/s1. The molecular formula is C54H92F3N9O5S.